The number of thioether (sulfide) groups is 1. The Morgan fingerprint density at radius 1 is 1.15 bits per heavy atom. The third-order valence-corrected chi connectivity index (χ3v) is 8.84. The van der Waals surface area contributed by atoms with Gasteiger partial charge in [0.2, 0.25) is 5.91 Å². The Bertz CT molecular complexity index is 1330. The second-order valence-electron chi connectivity index (χ2n) is 7.62. The Labute approximate surface area is 213 Å². The molecule has 5 rings (SSSR count). The number of nitrogens with one attached hydrogen (secondary N) is 1. The highest BCUT2D eigenvalue weighted by Gasteiger charge is 2.21. The standard InChI is InChI=1S/C22H19Cl2N5OS3/c1-29-20(15-9-31-18-5-3-2-4-13(15)18)27-28-22(29)33-11-19(30)26-21-25-17(10-32-21)14-7-6-12(23)8-16(14)24/h6-10H,2-5,11H2,1H3,(H,25,26,30). The van der Waals surface area contributed by atoms with Crippen LogP contribution in [0.25, 0.3) is 22.6 Å². The van der Waals surface area contributed by atoms with E-state index in [9.17, 15) is 4.79 Å². The lowest BCUT2D eigenvalue weighted by Crippen LogP contribution is -2.14. The Hall–Kier alpha value is -1.91. The SMILES string of the molecule is Cn1c(SCC(=O)Nc2nc(-c3ccc(Cl)cc3Cl)cs2)nnc1-c1csc2c1CCCC2. The zero-order valence-electron chi connectivity index (χ0n) is 17.6. The minimum Gasteiger partial charge on any atom is -0.305 e. The van der Waals surface area contributed by atoms with Gasteiger partial charge in [-0.3, -0.25) is 4.79 Å². The van der Waals surface area contributed by atoms with Gasteiger partial charge < -0.3 is 9.88 Å². The van der Waals surface area contributed by atoms with Gasteiger partial charge in [-0.25, -0.2) is 4.98 Å². The van der Waals surface area contributed by atoms with Crippen molar-refractivity contribution in [1.29, 1.82) is 0 Å². The molecule has 3 aromatic heterocycles. The number of nitrogens with zero attached hydrogens (tertiary/aromatic N) is 4. The second kappa shape index (κ2) is 9.76. The summed E-state index contributed by atoms with van der Waals surface area (Å²) in [6.45, 7) is 0. The monoisotopic (exact) mass is 535 g/mol. The highest BCUT2D eigenvalue weighted by molar-refractivity contribution is 7.99. The molecule has 0 saturated heterocycles. The molecule has 1 N–H and O–H groups in total. The van der Waals surface area contributed by atoms with Crippen LogP contribution in [0.5, 0.6) is 0 Å². The van der Waals surface area contributed by atoms with E-state index in [1.54, 1.807) is 12.1 Å². The number of hydrogen-bond donors (Lipinski definition) is 1. The molecular formula is C22H19Cl2N5OS3. The smallest absolute Gasteiger partial charge is 0.236 e. The van der Waals surface area contributed by atoms with Gasteiger partial charge in [-0.1, -0.05) is 35.0 Å². The Morgan fingerprint density at radius 3 is 2.85 bits per heavy atom. The van der Waals surface area contributed by atoms with Crippen LogP contribution in [0, 0.1) is 0 Å². The molecule has 4 aromatic rings. The van der Waals surface area contributed by atoms with Crippen LogP contribution in [0.2, 0.25) is 10.0 Å². The molecule has 11 heteroatoms. The lowest BCUT2D eigenvalue weighted by Gasteiger charge is -2.12. The first-order valence-electron chi connectivity index (χ1n) is 10.3. The molecule has 0 radical (unpaired) electrons. The largest absolute Gasteiger partial charge is 0.305 e. The van der Waals surface area contributed by atoms with Crippen molar-refractivity contribution in [3.8, 4) is 22.6 Å². The molecule has 1 aromatic carbocycles. The van der Waals surface area contributed by atoms with E-state index in [0.717, 1.165) is 24.2 Å². The topological polar surface area (TPSA) is 72.7 Å². The van der Waals surface area contributed by atoms with Gasteiger partial charge >= 0.3 is 0 Å². The van der Waals surface area contributed by atoms with E-state index >= 15 is 0 Å². The molecule has 1 aliphatic rings. The Balaban J connectivity index is 1.23. The van der Waals surface area contributed by atoms with Gasteiger partial charge in [-0.05, 0) is 49.4 Å². The summed E-state index contributed by atoms with van der Waals surface area (Å²) < 4.78 is 1.97. The molecule has 0 atom stereocenters. The van der Waals surface area contributed by atoms with Crippen molar-refractivity contribution >= 4 is 68.7 Å². The van der Waals surface area contributed by atoms with Crippen LogP contribution < -0.4 is 5.32 Å². The zero-order valence-corrected chi connectivity index (χ0v) is 21.6. The molecule has 1 aliphatic carbocycles. The molecule has 170 valence electrons. The summed E-state index contributed by atoms with van der Waals surface area (Å²) in [5.41, 5.74) is 4.06. The van der Waals surface area contributed by atoms with Gasteiger partial charge in [0.25, 0.3) is 0 Å². The molecule has 0 unspecified atom stereocenters. The van der Waals surface area contributed by atoms with Gasteiger partial charge in [-0.15, -0.1) is 32.9 Å². The summed E-state index contributed by atoms with van der Waals surface area (Å²) in [7, 11) is 1.95. The Kier molecular flexibility index (Phi) is 6.76. The fraction of sp³-hybridized carbons (Fsp3) is 0.273. The number of aryl methyl sites for hydroxylation is 1. The van der Waals surface area contributed by atoms with E-state index in [2.05, 4.69) is 25.9 Å². The van der Waals surface area contributed by atoms with Crippen molar-refractivity contribution in [3.05, 3.63) is 49.4 Å². The molecule has 33 heavy (non-hydrogen) atoms. The first kappa shape index (κ1) is 22.9. The number of amides is 1. The second-order valence-corrected chi connectivity index (χ2v) is 11.2. The molecule has 0 spiro atoms. The minimum atomic E-state index is -0.152. The number of hydrogen-bond acceptors (Lipinski definition) is 7. The van der Waals surface area contributed by atoms with E-state index < -0.39 is 0 Å². The zero-order chi connectivity index (χ0) is 22.9. The van der Waals surface area contributed by atoms with Crippen LogP contribution in [-0.2, 0) is 24.7 Å². The fourth-order valence-electron chi connectivity index (χ4n) is 3.79. The van der Waals surface area contributed by atoms with Crippen molar-refractivity contribution in [2.75, 3.05) is 11.1 Å². The first-order valence-corrected chi connectivity index (χ1v) is 13.8. The van der Waals surface area contributed by atoms with E-state index in [1.807, 2.05) is 34.4 Å². The summed E-state index contributed by atoms with van der Waals surface area (Å²) in [5.74, 6) is 0.923. The number of thiazole rings is 1. The van der Waals surface area contributed by atoms with Gasteiger partial charge in [-0.2, -0.15) is 0 Å². The van der Waals surface area contributed by atoms with Crippen LogP contribution in [0.3, 0.4) is 0 Å². The summed E-state index contributed by atoms with van der Waals surface area (Å²) >= 11 is 16.8. The number of carbonyl (C=O) groups excluding carboxylic acids is 1. The lowest BCUT2D eigenvalue weighted by atomic mass is 9.96. The highest BCUT2D eigenvalue weighted by Crippen LogP contribution is 2.36. The molecule has 0 aliphatic heterocycles. The third kappa shape index (κ3) is 4.83. The van der Waals surface area contributed by atoms with Crippen LogP contribution in [0.4, 0.5) is 5.13 Å². The summed E-state index contributed by atoms with van der Waals surface area (Å²) in [6.07, 6.45) is 4.74. The lowest BCUT2D eigenvalue weighted by molar-refractivity contribution is -0.113. The number of rotatable bonds is 6. The fourth-order valence-corrected chi connectivity index (χ4v) is 6.86. The average molecular weight is 537 g/mol. The van der Waals surface area contributed by atoms with Gasteiger partial charge in [0.1, 0.15) is 0 Å². The third-order valence-electron chi connectivity index (χ3n) is 5.43. The summed E-state index contributed by atoms with van der Waals surface area (Å²) in [5, 5.41) is 17.9. The van der Waals surface area contributed by atoms with Gasteiger partial charge in [0.15, 0.2) is 16.1 Å². The molecule has 6 nitrogen and oxygen atoms in total. The predicted octanol–water partition coefficient (Wildman–Crippen LogP) is 6.58. The molecule has 1 amide bonds. The van der Waals surface area contributed by atoms with Crippen LogP contribution >= 0.6 is 57.6 Å². The van der Waals surface area contributed by atoms with Gasteiger partial charge in [0, 0.05) is 38.8 Å². The number of benzene rings is 1. The summed E-state index contributed by atoms with van der Waals surface area (Å²) in [6, 6.07) is 5.25. The average Bonchev–Trinajstić information content (AvgIpc) is 3.51. The molecule has 3 heterocycles. The van der Waals surface area contributed by atoms with Crippen molar-refractivity contribution in [2.24, 2.45) is 7.05 Å². The predicted molar refractivity (Wildman–Crippen MR) is 138 cm³/mol. The molecule has 0 bridgehead atoms. The number of aromatic nitrogens is 4. The maximum absolute atomic E-state index is 12.5. The minimum absolute atomic E-state index is 0.152. The van der Waals surface area contributed by atoms with Crippen LogP contribution in [0.15, 0.2) is 34.1 Å². The highest BCUT2D eigenvalue weighted by atomic mass is 35.5. The number of halogens is 2. The summed E-state index contributed by atoms with van der Waals surface area (Å²) in [4.78, 5) is 18.5. The molecule has 0 fully saturated rings. The van der Waals surface area contributed by atoms with Crippen LogP contribution in [0.1, 0.15) is 23.3 Å². The number of anilines is 1. The quantitative estimate of drug-likeness (QED) is 0.282. The maximum Gasteiger partial charge on any atom is 0.236 e. The number of thiophene rings is 1. The number of fused-ring (bicyclic) bond motifs is 1. The van der Waals surface area contributed by atoms with E-state index in [-0.39, 0.29) is 11.7 Å². The molecular weight excluding hydrogens is 517 g/mol. The maximum atomic E-state index is 12.5. The van der Waals surface area contributed by atoms with E-state index in [4.69, 9.17) is 23.2 Å². The van der Waals surface area contributed by atoms with Crippen molar-refractivity contribution in [2.45, 2.75) is 30.8 Å². The first-order chi connectivity index (χ1) is 16.0. The Morgan fingerprint density at radius 2 is 2.00 bits per heavy atom. The van der Waals surface area contributed by atoms with Gasteiger partial charge in [0.05, 0.1) is 16.5 Å². The van der Waals surface area contributed by atoms with E-state index in [1.165, 1.54) is 51.9 Å². The van der Waals surface area contributed by atoms with Crippen LogP contribution in [-0.4, -0.2) is 31.4 Å². The van der Waals surface area contributed by atoms with E-state index in [0.29, 0.717) is 26.0 Å². The normalized spacial score (nSPS) is 13.2. The van der Waals surface area contributed by atoms with Crippen molar-refractivity contribution in [3.63, 3.8) is 0 Å². The molecule has 0 saturated carbocycles. The van der Waals surface area contributed by atoms with Crippen molar-refractivity contribution in [1.82, 2.24) is 19.7 Å². The van der Waals surface area contributed by atoms with Crippen molar-refractivity contribution < 1.29 is 4.79 Å². The number of carbonyl (C=O) groups is 1.